The number of pyridine rings is 1. The third-order valence-corrected chi connectivity index (χ3v) is 1.58. The standard InChI is InChI=1S/C8H13N3/c1-6-2-7(5-11-4-6)8(10)3-9/h2,4-5,8H,3,9-10H2,1H3. The molecule has 1 rings (SSSR count). The van der Waals surface area contributed by atoms with Gasteiger partial charge in [0.2, 0.25) is 0 Å². The molecule has 0 aromatic carbocycles. The van der Waals surface area contributed by atoms with Crippen LogP contribution >= 0.6 is 0 Å². The monoisotopic (exact) mass is 151 g/mol. The van der Waals surface area contributed by atoms with Crippen molar-refractivity contribution in [3.63, 3.8) is 0 Å². The van der Waals surface area contributed by atoms with Gasteiger partial charge in [0, 0.05) is 25.0 Å². The quantitative estimate of drug-likeness (QED) is 0.641. The first-order valence-corrected chi connectivity index (χ1v) is 3.61. The van der Waals surface area contributed by atoms with Crippen molar-refractivity contribution in [3.05, 3.63) is 29.6 Å². The average Bonchev–Trinajstić information content (AvgIpc) is 2.03. The molecule has 1 atom stereocenters. The third-order valence-electron chi connectivity index (χ3n) is 1.58. The van der Waals surface area contributed by atoms with Gasteiger partial charge in [-0.1, -0.05) is 6.07 Å². The lowest BCUT2D eigenvalue weighted by molar-refractivity contribution is 0.732. The highest BCUT2D eigenvalue weighted by atomic mass is 14.7. The van der Waals surface area contributed by atoms with Gasteiger partial charge in [-0.25, -0.2) is 0 Å². The van der Waals surface area contributed by atoms with Gasteiger partial charge in [-0.05, 0) is 18.1 Å². The molecule has 60 valence electrons. The van der Waals surface area contributed by atoms with Crippen LogP contribution < -0.4 is 11.5 Å². The second-order valence-electron chi connectivity index (χ2n) is 2.64. The van der Waals surface area contributed by atoms with E-state index in [4.69, 9.17) is 11.5 Å². The topological polar surface area (TPSA) is 64.9 Å². The predicted molar refractivity (Wildman–Crippen MR) is 45.0 cm³/mol. The average molecular weight is 151 g/mol. The lowest BCUT2D eigenvalue weighted by atomic mass is 10.1. The number of aryl methyl sites for hydroxylation is 1. The third kappa shape index (κ3) is 2.00. The Bertz CT molecular complexity index is 235. The number of hydrogen-bond donors (Lipinski definition) is 2. The van der Waals surface area contributed by atoms with E-state index in [2.05, 4.69) is 4.98 Å². The fourth-order valence-corrected chi connectivity index (χ4v) is 0.917. The second kappa shape index (κ2) is 3.46. The molecule has 1 heterocycles. The summed E-state index contributed by atoms with van der Waals surface area (Å²) in [5.74, 6) is 0. The highest BCUT2D eigenvalue weighted by Crippen LogP contribution is 2.08. The lowest BCUT2D eigenvalue weighted by Crippen LogP contribution is -2.20. The molecule has 0 radical (unpaired) electrons. The summed E-state index contributed by atoms with van der Waals surface area (Å²) in [5, 5.41) is 0. The van der Waals surface area contributed by atoms with E-state index in [0.29, 0.717) is 6.54 Å². The van der Waals surface area contributed by atoms with Crippen molar-refractivity contribution in [1.29, 1.82) is 0 Å². The summed E-state index contributed by atoms with van der Waals surface area (Å²) in [6.07, 6.45) is 3.55. The molecule has 3 nitrogen and oxygen atoms in total. The van der Waals surface area contributed by atoms with E-state index in [-0.39, 0.29) is 6.04 Å². The van der Waals surface area contributed by atoms with Crippen LogP contribution in [-0.4, -0.2) is 11.5 Å². The lowest BCUT2D eigenvalue weighted by Gasteiger charge is -2.07. The van der Waals surface area contributed by atoms with Gasteiger partial charge in [-0.2, -0.15) is 0 Å². The van der Waals surface area contributed by atoms with Crippen LogP contribution in [-0.2, 0) is 0 Å². The molecule has 1 aromatic heterocycles. The largest absolute Gasteiger partial charge is 0.329 e. The second-order valence-corrected chi connectivity index (χ2v) is 2.64. The van der Waals surface area contributed by atoms with Crippen LogP contribution in [0.15, 0.2) is 18.5 Å². The van der Waals surface area contributed by atoms with E-state index < -0.39 is 0 Å². The molecule has 0 bridgehead atoms. The van der Waals surface area contributed by atoms with E-state index in [1.807, 2.05) is 13.0 Å². The minimum atomic E-state index is -0.0811. The molecule has 0 fully saturated rings. The molecule has 0 aliphatic rings. The summed E-state index contributed by atoms with van der Waals surface area (Å²) < 4.78 is 0. The number of rotatable bonds is 2. The molecule has 0 saturated heterocycles. The summed E-state index contributed by atoms with van der Waals surface area (Å²) in [6, 6.07) is 1.92. The van der Waals surface area contributed by atoms with Crippen LogP contribution in [0.2, 0.25) is 0 Å². The maximum Gasteiger partial charge on any atom is 0.0434 e. The zero-order valence-corrected chi connectivity index (χ0v) is 6.62. The number of nitrogens with zero attached hydrogens (tertiary/aromatic N) is 1. The van der Waals surface area contributed by atoms with Crippen LogP contribution in [0.1, 0.15) is 17.2 Å². The molecule has 3 heteroatoms. The van der Waals surface area contributed by atoms with Crippen molar-refractivity contribution in [3.8, 4) is 0 Å². The Labute approximate surface area is 66.4 Å². The Hall–Kier alpha value is -0.930. The first-order chi connectivity index (χ1) is 5.24. The summed E-state index contributed by atoms with van der Waals surface area (Å²) >= 11 is 0. The summed E-state index contributed by atoms with van der Waals surface area (Å²) in [6.45, 7) is 2.45. The van der Waals surface area contributed by atoms with E-state index >= 15 is 0 Å². The number of nitrogens with two attached hydrogens (primary N) is 2. The van der Waals surface area contributed by atoms with Gasteiger partial charge in [0.05, 0.1) is 0 Å². The minimum Gasteiger partial charge on any atom is -0.329 e. The van der Waals surface area contributed by atoms with E-state index in [1.165, 1.54) is 0 Å². The van der Waals surface area contributed by atoms with Crippen LogP contribution in [0.5, 0.6) is 0 Å². The number of aromatic nitrogens is 1. The summed E-state index contributed by atoms with van der Waals surface area (Å²) in [4.78, 5) is 4.02. The van der Waals surface area contributed by atoms with E-state index in [0.717, 1.165) is 11.1 Å². The van der Waals surface area contributed by atoms with Gasteiger partial charge in [-0.3, -0.25) is 4.98 Å². The van der Waals surface area contributed by atoms with Gasteiger partial charge in [0.15, 0.2) is 0 Å². The molecular weight excluding hydrogens is 138 g/mol. The van der Waals surface area contributed by atoms with Crippen LogP contribution in [0.25, 0.3) is 0 Å². The van der Waals surface area contributed by atoms with Crippen LogP contribution in [0.3, 0.4) is 0 Å². The highest BCUT2D eigenvalue weighted by molar-refractivity contribution is 5.19. The van der Waals surface area contributed by atoms with Crippen molar-refractivity contribution in [2.45, 2.75) is 13.0 Å². The molecule has 1 unspecified atom stereocenters. The van der Waals surface area contributed by atoms with Crippen molar-refractivity contribution in [2.75, 3.05) is 6.54 Å². The zero-order valence-electron chi connectivity index (χ0n) is 6.62. The first kappa shape index (κ1) is 8.17. The molecule has 0 amide bonds. The molecule has 11 heavy (non-hydrogen) atoms. The van der Waals surface area contributed by atoms with Crippen LogP contribution in [0, 0.1) is 6.92 Å². The van der Waals surface area contributed by atoms with Gasteiger partial charge in [-0.15, -0.1) is 0 Å². The molecular formula is C8H13N3. The number of hydrogen-bond acceptors (Lipinski definition) is 3. The molecule has 0 spiro atoms. The van der Waals surface area contributed by atoms with Crippen molar-refractivity contribution in [2.24, 2.45) is 11.5 Å². The maximum absolute atomic E-state index is 5.70. The molecule has 4 N–H and O–H groups in total. The zero-order chi connectivity index (χ0) is 8.27. The predicted octanol–water partition coefficient (Wildman–Crippen LogP) is 0.349. The molecule has 0 aliphatic heterocycles. The van der Waals surface area contributed by atoms with Crippen molar-refractivity contribution in [1.82, 2.24) is 4.98 Å². The molecule has 0 saturated carbocycles. The summed E-state index contributed by atoms with van der Waals surface area (Å²) in [5.41, 5.74) is 13.2. The Morgan fingerprint density at radius 1 is 1.55 bits per heavy atom. The van der Waals surface area contributed by atoms with Crippen molar-refractivity contribution >= 4 is 0 Å². The maximum atomic E-state index is 5.70. The van der Waals surface area contributed by atoms with Crippen molar-refractivity contribution < 1.29 is 0 Å². The fraction of sp³-hybridized carbons (Fsp3) is 0.375. The summed E-state index contributed by atoms with van der Waals surface area (Å²) in [7, 11) is 0. The minimum absolute atomic E-state index is 0.0811. The molecule has 1 aromatic rings. The highest BCUT2D eigenvalue weighted by Gasteiger charge is 2.02. The Kier molecular flexibility index (Phi) is 2.57. The van der Waals surface area contributed by atoms with Gasteiger partial charge >= 0.3 is 0 Å². The van der Waals surface area contributed by atoms with Gasteiger partial charge < -0.3 is 11.5 Å². The van der Waals surface area contributed by atoms with Crippen LogP contribution in [0.4, 0.5) is 0 Å². The smallest absolute Gasteiger partial charge is 0.0434 e. The molecule has 0 aliphatic carbocycles. The van der Waals surface area contributed by atoms with Gasteiger partial charge in [0.25, 0.3) is 0 Å². The van der Waals surface area contributed by atoms with E-state index in [9.17, 15) is 0 Å². The SMILES string of the molecule is Cc1cncc(C(N)CN)c1. The fourth-order valence-electron chi connectivity index (χ4n) is 0.917. The Morgan fingerprint density at radius 2 is 2.27 bits per heavy atom. The first-order valence-electron chi connectivity index (χ1n) is 3.61. The Balaban J connectivity index is 2.86. The van der Waals surface area contributed by atoms with Gasteiger partial charge in [0.1, 0.15) is 0 Å². The van der Waals surface area contributed by atoms with E-state index in [1.54, 1.807) is 12.4 Å². The normalized spacial score (nSPS) is 13.0. The Morgan fingerprint density at radius 3 is 2.82 bits per heavy atom.